The maximum Gasteiger partial charge on any atom is 0.306 e. The summed E-state index contributed by atoms with van der Waals surface area (Å²) in [6, 6.07) is 0. The van der Waals surface area contributed by atoms with Crippen LogP contribution in [-0.2, 0) is 32.7 Å². The number of phosphoric ester groups is 1. The third kappa shape index (κ3) is 69.6. The maximum absolute atomic E-state index is 12.9. The second kappa shape index (κ2) is 65.1. The Hall–Kier alpha value is -3.33. The molecular weight excluding hydrogens is 1070 g/mol. The summed E-state index contributed by atoms with van der Waals surface area (Å²) >= 11 is 0. The Morgan fingerprint density at radius 1 is 0.376 bits per heavy atom. The van der Waals surface area contributed by atoms with Gasteiger partial charge in [0, 0.05) is 12.8 Å². The first kappa shape index (κ1) is 81.7. The number of carbonyl (C=O) groups is 2. The highest BCUT2D eigenvalue weighted by molar-refractivity contribution is 7.45. The highest BCUT2D eigenvalue weighted by Crippen LogP contribution is 2.38. The van der Waals surface area contributed by atoms with E-state index >= 15 is 0 Å². The van der Waals surface area contributed by atoms with Crippen LogP contribution in [-0.4, -0.2) is 70.0 Å². The number of esters is 2. The summed E-state index contributed by atoms with van der Waals surface area (Å²) < 4.78 is 34.3. The first-order valence-corrected chi connectivity index (χ1v) is 36.6. The fourth-order valence-corrected chi connectivity index (χ4v) is 10.4. The van der Waals surface area contributed by atoms with Crippen molar-refractivity contribution in [2.24, 2.45) is 0 Å². The van der Waals surface area contributed by atoms with E-state index in [1.807, 2.05) is 21.1 Å². The second-order valence-corrected chi connectivity index (χ2v) is 25.9. The Morgan fingerprint density at radius 2 is 0.671 bits per heavy atom. The summed E-state index contributed by atoms with van der Waals surface area (Å²) in [5, 5.41) is 0. The SMILES string of the molecule is CC/C=C\C/C=C\C/C=C\C/C=C\C/C=C\C/C=C\C/C=C\C/C=C\C/C=C\CCCCCCCC(=O)OC(COC(=O)CCCCCCCCCCCCCCCCCCCCCCCCCCCCCC)COP(=O)([O-])OCC[N+](C)(C)C. The third-order valence-corrected chi connectivity index (χ3v) is 16.0. The first-order valence-electron chi connectivity index (χ1n) is 35.1. The topological polar surface area (TPSA) is 111 Å². The van der Waals surface area contributed by atoms with E-state index in [9.17, 15) is 19.0 Å². The lowest BCUT2D eigenvalue weighted by Gasteiger charge is -2.28. The van der Waals surface area contributed by atoms with Crippen molar-refractivity contribution < 1.29 is 42.1 Å². The number of rotatable bonds is 64. The highest BCUT2D eigenvalue weighted by Gasteiger charge is 2.22. The van der Waals surface area contributed by atoms with Gasteiger partial charge in [-0.05, 0) is 83.5 Å². The van der Waals surface area contributed by atoms with E-state index in [0.29, 0.717) is 17.4 Å². The molecule has 85 heavy (non-hydrogen) atoms. The van der Waals surface area contributed by atoms with Gasteiger partial charge in [0.25, 0.3) is 7.82 Å². The zero-order valence-electron chi connectivity index (χ0n) is 55.8. The van der Waals surface area contributed by atoms with E-state index in [-0.39, 0.29) is 32.0 Å². The first-order chi connectivity index (χ1) is 41.5. The molecule has 490 valence electrons. The van der Waals surface area contributed by atoms with Gasteiger partial charge in [-0.2, -0.15) is 0 Å². The zero-order chi connectivity index (χ0) is 61.9. The van der Waals surface area contributed by atoms with Crippen LogP contribution in [0.15, 0.2) is 109 Å². The molecule has 0 saturated carbocycles. The number of ether oxygens (including phenoxy) is 2. The monoisotopic (exact) mass is 1210 g/mol. The standard InChI is InChI=1S/C75H132NO8P/c1-6-8-10-12-14-16-18-20-22-24-26-28-30-32-34-36-37-38-39-40-42-44-46-48-50-52-54-56-58-60-62-64-66-68-75(78)84-73(72-83-85(79,80)82-70-69-76(3,4)5)71-81-74(77)67-65-63-61-59-57-55-53-51-49-47-45-43-41-35-33-31-29-27-25-23-21-19-17-15-13-11-9-7-2/h8,10,14,16,20,22,26,28,32,34,37-38,40,42,46,48,52,54,73H,6-7,9,11-13,15,17-19,21,23-25,27,29-31,33,35-36,39,41,43-45,47,49-51,53,55-72H2,1-5H3/b10-8-,16-14-,22-20-,28-26-,34-32-,38-37-,42-40-,48-46-,54-52-. The van der Waals surface area contributed by atoms with E-state index < -0.39 is 26.5 Å². The summed E-state index contributed by atoms with van der Waals surface area (Å²) in [7, 11) is 1.15. The molecule has 0 rings (SSSR count). The highest BCUT2D eigenvalue weighted by atomic mass is 31.2. The van der Waals surface area contributed by atoms with Crippen molar-refractivity contribution in [2.75, 3.05) is 47.5 Å². The molecule has 9 nitrogen and oxygen atoms in total. The number of hydrogen-bond donors (Lipinski definition) is 0. The second-order valence-electron chi connectivity index (χ2n) is 24.5. The number of quaternary nitrogens is 1. The Kier molecular flexibility index (Phi) is 62.6. The molecule has 0 aromatic rings. The van der Waals surface area contributed by atoms with Crippen molar-refractivity contribution in [1.29, 1.82) is 0 Å². The summed E-state index contributed by atoms with van der Waals surface area (Å²) in [4.78, 5) is 38.1. The predicted molar refractivity (Wildman–Crippen MR) is 365 cm³/mol. The van der Waals surface area contributed by atoms with E-state index in [1.165, 1.54) is 161 Å². The summed E-state index contributed by atoms with van der Waals surface area (Å²) in [5.74, 6) is -0.850. The summed E-state index contributed by atoms with van der Waals surface area (Å²) in [5.41, 5.74) is 0. The molecule has 0 fully saturated rings. The number of unbranched alkanes of at least 4 members (excludes halogenated alkanes) is 32. The van der Waals surface area contributed by atoms with Gasteiger partial charge in [0.2, 0.25) is 0 Å². The lowest BCUT2D eigenvalue weighted by atomic mass is 10.0. The third-order valence-electron chi connectivity index (χ3n) is 15.1. The van der Waals surface area contributed by atoms with Crippen LogP contribution in [0.5, 0.6) is 0 Å². The fourth-order valence-electron chi connectivity index (χ4n) is 9.71. The summed E-state index contributed by atoms with van der Waals surface area (Å²) in [6.45, 7) is 4.13. The van der Waals surface area contributed by atoms with Crippen LogP contribution >= 0.6 is 7.82 Å². The molecule has 0 N–H and O–H groups in total. The number of phosphoric acid groups is 1. The van der Waals surface area contributed by atoms with E-state index in [1.54, 1.807) is 0 Å². The minimum Gasteiger partial charge on any atom is -0.756 e. The van der Waals surface area contributed by atoms with E-state index in [4.69, 9.17) is 18.5 Å². The molecule has 0 aromatic carbocycles. The van der Waals surface area contributed by atoms with E-state index in [0.717, 1.165) is 109 Å². The van der Waals surface area contributed by atoms with Crippen molar-refractivity contribution in [1.82, 2.24) is 0 Å². The lowest BCUT2D eigenvalue weighted by Crippen LogP contribution is -2.37. The van der Waals surface area contributed by atoms with Crippen molar-refractivity contribution in [3.05, 3.63) is 109 Å². The van der Waals surface area contributed by atoms with Crippen molar-refractivity contribution in [3.63, 3.8) is 0 Å². The Labute approximate surface area is 525 Å². The number of nitrogens with zero attached hydrogens (tertiary/aromatic N) is 1. The van der Waals surface area contributed by atoms with Crippen LogP contribution in [0.1, 0.15) is 303 Å². The normalized spacial score (nSPS) is 13.8. The van der Waals surface area contributed by atoms with Gasteiger partial charge in [-0.1, -0.05) is 316 Å². The van der Waals surface area contributed by atoms with Crippen LogP contribution < -0.4 is 4.89 Å². The number of carbonyl (C=O) groups excluding carboxylic acids is 2. The predicted octanol–water partition coefficient (Wildman–Crippen LogP) is 22.2. The average molecular weight is 1210 g/mol. The van der Waals surface area contributed by atoms with Gasteiger partial charge in [-0.3, -0.25) is 14.2 Å². The molecule has 0 spiro atoms. The fraction of sp³-hybridized carbons (Fsp3) is 0.733. The molecule has 0 aliphatic heterocycles. The van der Waals surface area contributed by atoms with Crippen LogP contribution in [0.3, 0.4) is 0 Å². The molecule has 0 aromatic heterocycles. The smallest absolute Gasteiger partial charge is 0.306 e. The number of allylic oxidation sites excluding steroid dienone is 18. The van der Waals surface area contributed by atoms with E-state index in [2.05, 4.69) is 123 Å². The largest absolute Gasteiger partial charge is 0.756 e. The van der Waals surface area contributed by atoms with Gasteiger partial charge in [0.1, 0.15) is 19.8 Å². The van der Waals surface area contributed by atoms with Crippen LogP contribution in [0, 0.1) is 0 Å². The van der Waals surface area contributed by atoms with Crippen LogP contribution in [0.2, 0.25) is 0 Å². The van der Waals surface area contributed by atoms with Crippen LogP contribution in [0.25, 0.3) is 0 Å². The molecule has 0 radical (unpaired) electrons. The molecule has 10 heteroatoms. The Bertz CT molecular complexity index is 1800. The zero-order valence-corrected chi connectivity index (χ0v) is 56.7. The molecule has 0 aliphatic rings. The summed E-state index contributed by atoms with van der Waals surface area (Å²) in [6.07, 6.45) is 91.7. The quantitative estimate of drug-likeness (QED) is 0.0195. The van der Waals surface area contributed by atoms with Crippen LogP contribution in [0.4, 0.5) is 0 Å². The van der Waals surface area contributed by atoms with Gasteiger partial charge in [0.05, 0.1) is 27.7 Å². The lowest BCUT2D eigenvalue weighted by molar-refractivity contribution is -0.870. The number of hydrogen-bond acceptors (Lipinski definition) is 8. The van der Waals surface area contributed by atoms with Gasteiger partial charge in [-0.15, -0.1) is 0 Å². The molecule has 2 atom stereocenters. The molecule has 2 unspecified atom stereocenters. The molecule has 0 amide bonds. The average Bonchev–Trinajstić information content (AvgIpc) is 3.54. The Balaban J connectivity index is 4.13. The molecule has 0 bridgehead atoms. The van der Waals surface area contributed by atoms with Gasteiger partial charge in [-0.25, -0.2) is 0 Å². The van der Waals surface area contributed by atoms with Gasteiger partial charge < -0.3 is 27.9 Å². The molecule has 0 saturated heterocycles. The Morgan fingerprint density at radius 3 is 1.00 bits per heavy atom. The van der Waals surface area contributed by atoms with Crippen molar-refractivity contribution in [2.45, 2.75) is 309 Å². The number of likely N-dealkylation sites (N-methyl/N-ethyl adjacent to an activating group) is 1. The molecule has 0 heterocycles. The van der Waals surface area contributed by atoms with Gasteiger partial charge >= 0.3 is 11.9 Å². The van der Waals surface area contributed by atoms with Gasteiger partial charge in [0.15, 0.2) is 6.10 Å². The van der Waals surface area contributed by atoms with Crippen molar-refractivity contribution >= 4 is 19.8 Å². The minimum atomic E-state index is -4.65. The molecular formula is C75H132NO8P. The molecule has 0 aliphatic carbocycles. The minimum absolute atomic E-state index is 0.0389. The van der Waals surface area contributed by atoms with Crippen molar-refractivity contribution in [3.8, 4) is 0 Å². The maximum atomic E-state index is 12.9.